The molecule has 0 unspecified atom stereocenters. The molecule has 1 aliphatic rings. The van der Waals surface area contributed by atoms with Gasteiger partial charge in [0.2, 0.25) is 5.88 Å². The van der Waals surface area contributed by atoms with E-state index in [2.05, 4.69) is 21.2 Å². The van der Waals surface area contributed by atoms with Crippen LogP contribution in [-0.4, -0.2) is 29.7 Å². The van der Waals surface area contributed by atoms with Gasteiger partial charge in [0.1, 0.15) is 11.5 Å². The summed E-state index contributed by atoms with van der Waals surface area (Å²) in [4.78, 5) is 8.33. The van der Waals surface area contributed by atoms with Crippen molar-refractivity contribution in [2.24, 2.45) is 5.92 Å². The molecule has 0 amide bonds. The predicted molar refractivity (Wildman–Crippen MR) is 65.8 cm³/mol. The van der Waals surface area contributed by atoms with Crippen LogP contribution in [0.4, 0.5) is 0 Å². The Morgan fingerprint density at radius 2 is 2.24 bits per heavy atom. The summed E-state index contributed by atoms with van der Waals surface area (Å²) in [6.07, 6.45) is 7.64. The third-order valence-electron chi connectivity index (χ3n) is 2.89. The molecular formula is C13H17N3O. The van der Waals surface area contributed by atoms with E-state index in [1.807, 2.05) is 6.92 Å². The first-order chi connectivity index (χ1) is 8.28. The van der Waals surface area contributed by atoms with Crippen molar-refractivity contribution in [3.05, 3.63) is 17.6 Å². The highest BCUT2D eigenvalue weighted by Crippen LogP contribution is 2.15. The molecule has 1 N–H and O–H groups in total. The third-order valence-corrected chi connectivity index (χ3v) is 2.89. The number of aromatic nitrogens is 2. The number of hydrogen-bond acceptors (Lipinski definition) is 4. The SMILES string of the molecule is C#Cc1cc(OCC2CCNCC2)nc(C)n1. The summed E-state index contributed by atoms with van der Waals surface area (Å²) in [5.41, 5.74) is 0.581. The first-order valence-electron chi connectivity index (χ1n) is 5.94. The van der Waals surface area contributed by atoms with Crippen LogP contribution >= 0.6 is 0 Å². The summed E-state index contributed by atoms with van der Waals surface area (Å²) in [5, 5.41) is 3.33. The Morgan fingerprint density at radius 1 is 1.47 bits per heavy atom. The quantitative estimate of drug-likeness (QED) is 0.793. The van der Waals surface area contributed by atoms with Gasteiger partial charge in [-0.1, -0.05) is 0 Å². The van der Waals surface area contributed by atoms with Gasteiger partial charge in [-0.15, -0.1) is 6.42 Å². The van der Waals surface area contributed by atoms with Crippen molar-refractivity contribution in [2.45, 2.75) is 19.8 Å². The standard InChI is InChI=1S/C13H17N3O/c1-3-12-8-13(16-10(2)15-12)17-9-11-4-6-14-7-5-11/h1,8,11,14H,4-7,9H2,2H3. The van der Waals surface area contributed by atoms with Crippen molar-refractivity contribution in [2.75, 3.05) is 19.7 Å². The summed E-state index contributed by atoms with van der Waals surface area (Å²) >= 11 is 0. The molecule has 1 aromatic heterocycles. The van der Waals surface area contributed by atoms with Crippen LogP contribution < -0.4 is 10.1 Å². The van der Waals surface area contributed by atoms with E-state index in [0.717, 1.165) is 25.9 Å². The Hall–Kier alpha value is -1.60. The molecule has 1 aromatic rings. The van der Waals surface area contributed by atoms with Crippen LogP contribution in [0.15, 0.2) is 6.07 Å². The smallest absolute Gasteiger partial charge is 0.217 e. The van der Waals surface area contributed by atoms with Crippen LogP contribution in [0.25, 0.3) is 0 Å². The van der Waals surface area contributed by atoms with E-state index in [4.69, 9.17) is 11.2 Å². The van der Waals surface area contributed by atoms with Crippen LogP contribution in [0.5, 0.6) is 5.88 Å². The summed E-state index contributed by atoms with van der Waals surface area (Å²) in [5.74, 6) is 4.36. The van der Waals surface area contributed by atoms with Crippen molar-refractivity contribution in [1.82, 2.24) is 15.3 Å². The van der Waals surface area contributed by atoms with E-state index in [9.17, 15) is 0 Å². The molecule has 0 bridgehead atoms. The number of nitrogens with zero attached hydrogens (tertiary/aromatic N) is 2. The van der Waals surface area contributed by atoms with Gasteiger partial charge in [0.25, 0.3) is 0 Å². The van der Waals surface area contributed by atoms with Crippen molar-refractivity contribution in [3.63, 3.8) is 0 Å². The van der Waals surface area contributed by atoms with Gasteiger partial charge in [-0.2, -0.15) is 4.98 Å². The minimum atomic E-state index is 0.581. The number of rotatable bonds is 3. The number of nitrogens with one attached hydrogen (secondary N) is 1. The molecule has 90 valence electrons. The molecule has 1 aliphatic heterocycles. The van der Waals surface area contributed by atoms with Crippen LogP contribution in [0.3, 0.4) is 0 Å². The van der Waals surface area contributed by atoms with Crippen molar-refractivity contribution in [1.29, 1.82) is 0 Å². The highest BCUT2D eigenvalue weighted by atomic mass is 16.5. The normalized spacial score (nSPS) is 16.5. The lowest BCUT2D eigenvalue weighted by Crippen LogP contribution is -2.30. The second-order valence-electron chi connectivity index (χ2n) is 4.29. The molecule has 0 aliphatic carbocycles. The van der Waals surface area contributed by atoms with Gasteiger partial charge in [0.05, 0.1) is 6.61 Å². The van der Waals surface area contributed by atoms with Gasteiger partial charge in [-0.25, -0.2) is 4.98 Å². The number of aryl methyl sites for hydroxylation is 1. The van der Waals surface area contributed by atoms with Gasteiger partial charge >= 0.3 is 0 Å². The molecule has 1 fully saturated rings. The zero-order valence-corrected chi connectivity index (χ0v) is 10.1. The van der Waals surface area contributed by atoms with Gasteiger partial charge in [-0.3, -0.25) is 0 Å². The Kier molecular flexibility index (Phi) is 3.94. The monoisotopic (exact) mass is 231 g/mol. The molecule has 0 saturated carbocycles. The fourth-order valence-corrected chi connectivity index (χ4v) is 1.94. The van der Waals surface area contributed by atoms with E-state index in [0.29, 0.717) is 29.9 Å². The maximum absolute atomic E-state index is 5.69. The third kappa shape index (κ3) is 3.43. The van der Waals surface area contributed by atoms with E-state index < -0.39 is 0 Å². The molecular weight excluding hydrogens is 214 g/mol. The fraction of sp³-hybridized carbons (Fsp3) is 0.538. The first-order valence-corrected chi connectivity index (χ1v) is 5.94. The first kappa shape index (κ1) is 11.9. The predicted octanol–water partition coefficient (Wildman–Crippen LogP) is 1.14. The molecule has 0 aromatic carbocycles. The van der Waals surface area contributed by atoms with E-state index in [1.54, 1.807) is 6.07 Å². The summed E-state index contributed by atoms with van der Waals surface area (Å²) in [7, 11) is 0. The van der Waals surface area contributed by atoms with Crippen molar-refractivity contribution >= 4 is 0 Å². The Balaban J connectivity index is 1.94. The molecule has 0 radical (unpaired) electrons. The molecule has 1 saturated heterocycles. The minimum absolute atomic E-state index is 0.581. The molecule has 4 heteroatoms. The maximum atomic E-state index is 5.69. The van der Waals surface area contributed by atoms with Crippen LogP contribution in [-0.2, 0) is 0 Å². The maximum Gasteiger partial charge on any atom is 0.217 e. The molecule has 0 atom stereocenters. The molecule has 17 heavy (non-hydrogen) atoms. The molecule has 0 spiro atoms. The zero-order valence-electron chi connectivity index (χ0n) is 10.1. The highest BCUT2D eigenvalue weighted by molar-refractivity contribution is 5.28. The van der Waals surface area contributed by atoms with Gasteiger partial charge in [-0.05, 0) is 44.7 Å². The highest BCUT2D eigenvalue weighted by Gasteiger charge is 2.14. The zero-order chi connectivity index (χ0) is 12.1. The summed E-state index contributed by atoms with van der Waals surface area (Å²) in [6, 6.07) is 1.72. The summed E-state index contributed by atoms with van der Waals surface area (Å²) in [6.45, 7) is 4.68. The van der Waals surface area contributed by atoms with E-state index >= 15 is 0 Å². The van der Waals surface area contributed by atoms with Crippen LogP contribution in [0.2, 0.25) is 0 Å². The Labute approximate surface area is 102 Å². The lowest BCUT2D eigenvalue weighted by molar-refractivity contribution is 0.208. The van der Waals surface area contributed by atoms with Gasteiger partial charge in [0.15, 0.2) is 0 Å². The number of ether oxygens (including phenoxy) is 1. The fourth-order valence-electron chi connectivity index (χ4n) is 1.94. The number of terminal acetylenes is 1. The topological polar surface area (TPSA) is 47.0 Å². The second kappa shape index (κ2) is 5.65. The number of hydrogen-bond donors (Lipinski definition) is 1. The van der Waals surface area contributed by atoms with Crippen molar-refractivity contribution in [3.8, 4) is 18.2 Å². The molecule has 2 heterocycles. The average molecular weight is 231 g/mol. The van der Waals surface area contributed by atoms with Crippen molar-refractivity contribution < 1.29 is 4.74 Å². The Bertz CT molecular complexity index is 419. The average Bonchev–Trinajstić information content (AvgIpc) is 2.37. The molecule has 4 nitrogen and oxygen atoms in total. The van der Waals surface area contributed by atoms with E-state index in [-0.39, 0.29) is 0 Å². The second-order valence-corrected chi connectivity index (χ2v) is 4.29. The molecule has 2 rings (SSSR count). The lowest BCUT2D eigenvalue weighted by atomic mass is 9.99. The largest absolute Gasteiger partial charge is 0.477 e. The van der Waals surface area contributed by atoms with Crippen LogP contribution in [0.1, 0.15) is 24.4 Å². The van der Waals surface area contributed by atoms with Gasteiger partial charge < -0.3 is 10.1 Å². The van der Waals surface area contributed by atoms with E-state index in [1.165, 1.54) is 0 Å². The lowest BCUT2D eigenvalue weighted by Gasteiger charge is -2.22. The minimum Gasteiger partial charge on any atom is -0.477 e. The Morgan fingerprint density at radius 3 is 2.94 bits per heavy atom. The number of piperidine rings is 1. The summed E-state index contributed by atoms with van der Waals surface area (Å²) < 4.78 is 5.69. The van der Waals surface area contributed by atoms with Gasteiger partial charge in [0, 0.05) is 6.07 Å². The van der Waals surface area contributed by atoms with Crippen LogP contribution in [0, 0.1) is 25.2 Å².